The Labute approximate surface area is 216 Å². The minimum atomic E-state index is -0.435. The Morgan fingerprint density at radius 3 is 2.33 bits per heavy atom. The first-order valence-electron chi connectivity index (χ1n) is 10.3. The third-order valence-electron chi connectivity index (χ3n) is 6.29. The van der Waals surface area contributed by atoms with Crippen LogP contribution in [0.2, 0.25) is 0 Å². The van der Waals surface area contributed by atoms with E-state index in [1.807, 2.05) is 12.1 Å². The third-order valence-corrected chi connectivity index (χ3v) is 7.90. The highest BCUT2D eigenvalue weighted by molar-refractivity contribution is 14.1. The van der Waals surface area contributed by atoms with Crippen molar-refractivity contribution in [3.8, 4) is 5.75 Å². The number of carbonyl (C=O) groups is 2. The number of hydrogen-bond donors (Lipinski definition) is 0. The van der Waals surface area contributed by atoms with Crippen LogP contribution in [0.25, 0.3) is 0 Å². The van der Waals surface area contributed by atoms with Crippen LogP contribution in [-0.2, 0) is 16.2 Å². The van der Waals surface area contributed by atoms with Crippen LogP contribution in [0, 0.1) is 40.9 Å². The Morgan fingerprint density at radius 2 is 1.73 bits per heavy atom. The second kappa shape index (κ2) is 8.78. The fourth-order valence-electron chi connectivity index (χ4n) is 4.83. The Bertz CT molecular complexity index is 1190. The van der Waals surface area contributed by atoms with E-state index >= 15 is 0 Å². The summed E-state index contributed by atoms with van der Waals surface area (Å²) in [6, 6.07) is 10.0. The van der Waals surface area contributed by atoms with Crippen molar-refractivity contribution in [1.29, 1.82) is 0 Å². The van der Waals surface area contributed by atoms with Crippen LogP contribution >= 0.6 is 45.2 Å². The van der Waals surface area contributed by atoms with Gasteiger partial charge in [0.05, 0.1) is 30.1 Å². The van der Waals surface area contributed by atoms with Crippen LogP contribution in [0.5, 0.6) is 5.75 Å². The lowest BCUT2D eigenvalue weighted by atomic mass is 9.85. The number of ether oxygens (including phenoxy) is 1. The minimum absolute atomic E-state index is 0.0194. The standard InChI is InChI=1S/C23H17I2N3O5/c24-17-7-13(8-18(25)21(17)33-11-12-2-1-3-16(6-12)28(31)32)10-26-27-22(29)19-14-4-5-15(9-14)20(19)23(27)30/h1-8,10,14-15,19-20H,9,11H2/t14-,15-,19-,20+/m0/s1. The molecule has 4 atom stereocenters. The summed E-state index contributed by atoms with van der Waals surface area (Å²) in [5, 5.41) is 16.2. The van der Waals surface area contributed by atoms with Crippen molar-refractivity contribution in [2.45, 2.75) is 13.0 Å². The second-order valence-electron chi connectivity index (χ2n) is 8.26. The number of nitrogens with zero attached hydrogens (tertiary/aromatic N) is 3. The van der Waals surface area contributed by atoms with Gasteiger partial charge in [-0.15, -0.1) is 0 Å². The van der Waals surface area contributed by atoms with Gasteiger partial charge in [-0.2, -0.15) is 10.1 Å². The zero-order valence-corrected chi connectivity index (χ0v) is 21.4. The molecule has 2 aromatic rings. The van der Waals surface area contributed by atoms with Gasteiger partial charge >= 0.3 is 0 Å². The summed E-state index contributed by atoms with van der Waals surface area (Å²) in [5.74, 6) is 0.00948. The van der Waals surface area contributed by atoms with Crippen molar-refractivity contribution in [3.63, 3.8) is 0 Å². The topological polar surface area (TPSA) is 102 Å². The quantitative estimate of drug-likeness (QED) is 0.113. The number of amides is 2. The summed E-state index contributed by atoms with van der Waals surface area (Å²) < 4.78 is 7.58. The second-order valence-corrected chi connectivity index (χ2v) is 10.6. The van der Waals surface area contributed by atoms with E-state index in [4.69, 9.17) is 4.74 Å². The lowest BCUT2D eigenvalue weighted by Crippen LogP contribution is -2.28. The summed E-state index contributed by atoms with van der Waals surface area (Å²) in [6.07, 6.45) is 6.53. The Hall–Kier alpha value is -2.35. The minimum Gasteiger partial charge on any atom is -0.487 e. The number of hydrogen-bond acceptors (Lipinski definition) is 6. The number of non-ortho nitro benzene ring substituents is 1. The van der Waals surface area contributed by atoms with Gasteiger partial charge in [0, 0.05) is 12.1 Å². The molecule has 1 saturated carbocycles. The molecule has 3 aliphatic rings. The van der Waals surface area contributed by atoms with Crippen molar-refractivity contribution >= 4 is 68.9 Å². The van der Waals surface area contributed by atoms with Crippen LogP contribution in [0.4, 0.5) is 5.69 Å². The lowest BCUT2D eigenvalue weighted by molar-refractivity contribution is -0.384. The van der Waals surface area contributed by atoms with Crippen molar-refractivity contribution in [2.75, 3.05) is 0 Å². The molecule has 0 unspecified atom stereocenters. The molecule has 0 N–H and O–H groups in total. The Kier molecular flexibility index (Phi) is 5.97. The van der Waals surface area contributed by atoms with Crippen LogP contribution in [0.3, 0.4) is 0 Å². The van der Waals surface area contributed by atoms with Gasteiger partial charge in [0.25, 0.3) is 17.5 Å². The average molecular weight is 669 g/mol. The summed E-state index contributed by atoms with van der Waals surface area (Å²) in [7, 11) is 0. The van der Waals surface area contributed by atoms with E-state index in [2.05, 4.69) is 62.4 Å². The number of carbonyl (C=O) groups excluding carboxylic acids is 2. The number of hydrazone groups is 1. The van der Waals surface area contributed by atoms with Gasteiger partial charge < -0.3 is 4.74 Å². The van der Waals surface area contributed by atoms with Crippen LogP contribution in [0.15, 0.2) is 53.7 Å². The van der Waals surface area contributed by atoms with Crippen molar-refractivity contribution in [2.24, 2.45) is 28.8 Å². The van der Waals surface area contributed by atoms with E-state index in [0.29, 0.717) is 11.3 Å². The van der Waals surface area contributed by atoms with E-state index in [9.17, 15) is 19.7 Å². The van der Waals surface area contributed by atoms with E-state index in [1.54, 1.807) is 12.1 Å². The molecular formula is C23H17I2N3O5. The molecule has 2 fully saturated rings. The van der Waals surface area contributed by atoms with Gasteiger partial charge in [-0.1, -0.05) is 24.3 Å². The monoisotopic (exact) mass is 669 g/mol. The fourth-order valence-corrected chi connectivity index (χ4v) is 6.96. The van der Waals surface area contributed by atoms with E-state index in [1.165, 1.54) is 18.3 Å². The molecule has 5 rings (SSSR count). The van der Waals surface area contributed by atoms with E-state index in [0.717, 1.165) is 24.1 Å². The maximum Gasteiger partial charge on any atom is 0.269 e. The fraction of sp³-hybridized carbons (Fsp3) is 0.261. The highest BCUT2D eigenvalue weighted by atomic mass is 127. The molecule has 2 bridgehead atoms. The number of allylic oxidation sites excluding steroid dienone is 2. The van der Waals surface area contributed by atoms with Gasteiger partial charge in [0.15, 0.2) is 0 Å². The molecule has 33 heavy (non-hydrogen) atoms. The molecule has 168 valence electrons. The number of fused-ring (bicyclic) bond motifs is 5. The Morgan fingerprint density at radius 1 is 1.09 bits per heavy atom. The predicted molar refractivity (Wildman–Crippen MR) is 136 cm³/mol. The van der Waals surface area contributed by atoms with Gasteiger partial charge in [-0.05, 0) is 86.7 Å². The number of benzene rings is 2. The number of halogens is 2. The molecule has 0 spiro atoms. The summed E-state index contributed by atoms with van der Waals surface area (Å²) in [4.78, 5) is 36.1. The first-order valence-corrected chi connectivity index (χ1v) is 12.4. The first kappa shape index (κ1) is 22.4. The number of imide groups is 1. The molecule has 2 aromatic carbocycles. The van der Waals surface area contributed by atoms with Crippen LogP contribution in [-0.4, -0.2) is 28.0 Å². The van der Waals surface area contributed by atoms with Crippen molar-refractivity contribution in [3.05, 3.63) is 76.9 Å². The van der Waals surface area contributed by atoms with Crippen molar-refractivity contribution < 1.29 is 19.2 Å². The zero-order valence-electron chi connectivity index (χ0n) is 17.1. The summed E-state index contributed by atoms with van der Waals surface area (Å²) in [5.41, 5.74) is 1.46. The maximum atomic E-state index is 12.8. The largest absolute Gasteiger partial charge is 0.487 e. The molecule has 1 aliphatic heterocycles. The SMILES string of the molecule is O=C1[C@@H]2[C@H](C(=O)N1N=Cc1cc(I)c(OCc3cccc([N+](=O)[O-])c3)c(I)c1)[C@H]1C=C[C@H]2C1. The normalized spacial score (nSPS) is 25.3. The highest BCUT2D eigenvalue weighted by Crippen LogP contribution is 2.52. The first-order chi connectivity index (χ1) is 15.8. The van der Waals surface area contributed by atoms with Crippen LogP contribution < -0.4 is 4.74 Å². The van der Waals surface area contributed by atoms with Gasteiger partial charge in [-0.3, -0.25) is 19.7 Å². The van der Waals surface area contributed by atoms with Crippen LogP contribution in [0.1, 0.15) is 17.5 Å². The molecule has 8 nitrogen and oxygen atoms in total. The molecule has 1 heterocycles. The van der Waals surface area contributed by atoms with E-state index in [-0.39, 0.29) is 47.8 Å². The lowest BCUT2D eigenvalue weighted by Gasteiger charge is -2.13. The van der Waals surface area contributed by atoms with Crippen molar-refractivity contribution in [1.82, 2.24) is 5.01 Å². The smallest absolute Gasteiger partial charge is 0.269 e. The molecule has 0 radical (unpaired) electrons. The number of nitro benzene ring substituents is 1. The molecular weight excluding hydrogens is 652 g/mol. The highest BCUT2D eigenvalue weighted by Gasteiger charge is 2.59. The molecule has 2 amide bonds. The van der Waals surface area contributed by atoms with E-state index < -0.39 is 4.92 Å². The van der Waals surface area contributed by atoms with Gasteiger partial charge in [0.2, 0.25) is 0 Å². The Balaban J connectivity index is 1.29. The zero-order chi connectivity index (χ0) is 23.3. The summed E-state index contributed by atoms with van der Waals surface area (Å²) in [6.45, 7) is 0.192. The summed E-state index contributed by atoms with van der Waals surface area (Å²) >= 11 is 4.30. The van der Waals surface area contributed by atoms with Gasteiger partial charge in [-0.25, -0.2) is 0 Å². The third kappa shape index (κ3) is 4.07. The molecule has 2 aliphatic carbocycles. The molecule has 0 aromatic heterocycles. The number of rotatable bonds is 6. The van der Waals surface area contributed by atoms with Gasteiger partial charge in [0.1, 0.15) is 12.4 Å². The maximum absolute atomic E-state index is 12.8. The average Bonchev–Trinajstić information content (AvgIpc) is 3.46. The molecule has 10 heteroatoms. The molecule has 1 saturated heterocycles. The predicted octanol–water partition coefficient (Wildman–Crippen LogP) is 4.52. The number of nitro groups is 1.